The van der Waals surface area contributed by atoms with Gasteiger partial charge in [-0.15, -0.1) is 0 Å². The van der Waals surface area contributed by atoms with Crippen molar-refractivity contribution < 1.29 is 33.4 Å². The van der Waals surface area contributed by atoms with Crippen LogP contribution in [0.5, 0.6) is 0 Å². The molecule has 0 radical (unpaired) electrons. The number of ether oxygens (including phenoxy) is 2. The van der Waals surface area contributed by atoms with Crippen molar-refractivity contribution in [3.63, 3.8) is 0 Å². The molecule has 1 saturated carbocycles. The van der Waals surface area contributed by atoms with E-state index in [1.54, 1.807) is 0 Å². The molecule has 1 spiro atoms. The van der Waals surface area contributed by atoms with E-state index in [4.69, 9.17) is 4.74 Å². The van der Waals surface area contributed by atoms with Crippen LogP contribution in [0.1, 0.15) is 45.4 Å². The Morgan fingerprint density at radius 1 is 1.25 bits per heavy atom. The molecule has 10 heteroatoms. The van der Waals surface area contributed by atoms with Crippen molar-refractivity contribution in [1.82, 2.24) is 15.5 Å². The van der Waals surface area contributed by atoms with Crippen molar-refractivity contribution in [2.75, 3.05) is 26.8 Å². The van der Waals surface area contributed by atoms with E-state index in [2.05, 4.69) is 15.4 Å². The van der Waals surface area contributed by atoms with E-state index >= 15 is 0 Å². The summed E-state index contributed by atoms with van der Waals surface area (Å²) in [5, 5.41) is 5.25. The molecule has 1 aliphatic carbocycles. The summed E-state index contributed by atoms with van der Waals surface area (Å²) < 4.78 is 9.33. The van der Waals surface area contributed by atoms with Crippen LogP contribution >= 0.6 is 0 Å². The summed E-state index contributed by atoms with van der Waals surface area (Å²) in [5.41, 5.74) is -0.938. The van der Waals surface area contributed by atoms with Crippen LogP contribution in [-0.4, -0.2) is 67.0 Å². The highest BCUT2D eigenvalue weighted by molar-refractivity contribution is 6.09. The predicted octanol–water partition coefficient (Wildman–Crippen LogP) is 0.0997. The van der Waals surface area contributed by atoms with E-state index in [1.165, 1.54) is 7.11 Å². The average molecular weight is 397 g/mol. The smallest absolute Gasteiger partial charge is 0.326 e. The number of nitrogens with zero attached hydrogens (tertiary/aromatic N) is 1. The molecule has 1 saturated heterocycles. The molecule has 2 atom stereocenters. The molecule has 2 fully saturated rings. The number of nitrogens with one attached hydrogen (secondary N) is 2. The Hall–Kier alpha value is -2.65. The Morgan fingerprint density at radius 2 is 2.00 bits per heavy atom. The quantitative estimate of drug-likeness (QED) is 0.337. The normalized spacial score (nSPS) is 24.1. The minimum absolute atomic E-state index is 0.00510. The number of carbonyl (C=O) groups is 5. The minimum atomic E-state index is -0.938. The molecular weight excluding hydrogens is 370 g/mol. The maximum absolute atomic E-state index is 12.7. The Bertz CT molecular complexity index is 651. The largest absolute Gasteiger partial charge is 0.469 e. The molecule has 0 aromatic rings. The lowest BCUT2D eigenvalue weighted by atomic mass is 9.73. The third-order valence-electron chi connectivity index (χ3n) is 5.26. The second-order valence-corrected chi connectivity index (χ2v) is 7.13. The molecule has 2 N–H and O–H groups in total. The second-order valence-electron chi connectivity index (χ2n) is 7.13. The van der Waals surface area contributed by atoms with Crippen LogP contribution < -0.4 is 10.6 Å². The average Bonchev–Trinajstić information content (AvgIpc) is 2.90. The Balaban J connectivity index is 1.75. The fraction of sp³-hybridized carbons (Fsp3) is 0.722. The molecule has 0 unspecified atom stereocenters. The summed E-state index contributed by atoms with van der Waals surface area (Å²) in [6.07, 6.45) is 3.80. The van der Waals surface area contributed by atoms with Crippen molar-refractivity contribution >= 4 is 29.8 Å². The Morgan fingerprint density at radius 3 is 2.68 bits per heavy atom. The van der Waals surface area contributed by atoms with E-state index in [1.807, 2.05) is 6.92 Å². The number of carbonyl (C=O) groups excluding carboxylic acids is 5. The van der Waals surface area contributed by atoms with Gasteiger partial charge in [-0.25, -0.2) is 4.79 Å². The number of hydrogen-bond acceptors (Lipinski definition) is 7. The highest BCUT2D eigenvalue weighted by Crippen LogP contribution is 2.38. The van der Waals surface area contributed by atoms with Gasteiger partial charge < -0.3 is 20.1 Å². The molecule has 2 aliphatic rings. The van der Waals surface area contributed by atoms with Gasteiger partial charge in [-0.2, -0.15) is 0 Å². The van der Waals surface area contributed by atoms with Gasteiger partial charge in [0.15, 0.2) is 6.61 Å². The molecule has 28 heavy (non-hydrogen) atoms. The van der Waals surface area contributed by atoms with Gasteiger partial charge in [0.2, 0.25) is 0 Å². The Kier molecular flexibility index (Phi) is 7.36. The van der Waals surface area contributed by atoms with Crippen LogP contribution in [0.3, 0.4) is 0 Å². The van der Waals surface area contributed by atoms with Crippen LogP contribution in [0.4, 0.5) is 4.79 Å². The molecule has 0 aromatic heterocycles. The number of rotatable bonds is 8. The maximum atomic E-state index is 12.7. The first-order chi connectivity index (χ1) is 13.3. The zero-order valence-electron chi connectivity index (χ0n) is 16.2. The van der Waals surface area contributed by atoms with Crippen LogP contribution in [0.15, 0.2) is 0 Å². The van der Waals surface area contributed by atoms with Gasteiger partial charge in [-0.05, 0) is 25.2 Å². The lowest BCUT2D eigenvalue weighted by Crippen LogP contribution is -2.54. The fourth-order valence-corrected chi connectivity index (χ4v) is 3.57. The molecule has 1 aliphatic heterocycles. The monoisotopic (exact) mass is 397 g/mol. The van der Waals surface area contributed by atoms with Gasteiger partial charge >= 0.3 is 18.0 Å². The van der Waals surface area contributed by atoms with Crippen LogP contribution in [0.2, 0.25) is 0 Å². The SMILES string of the molecule is COC(=O)CCCNC(=O)COC(=O)CN1C(=O)N[C@@]2(CCCC[C@H]2C)C1=O. The molecule has 0 aromatic carbocycles. The standard InChI is InChI=1S/C18H27N3O7/c1-12-6-3-4-8-18(12)16(25)21(17(26)20-18)10-15(24)28-11-13(22)19-9-5-7-14(23)27-2/h12H,3-11H2,1-2H3,(H,19,22)(H,20,26)/t12-,18-/m1/s1. The minimum Gasteiger partial charge on any atom is -0.469 e. The number of methoxy groups -OCH3 is 1. The van der Waals surface area contributed by atoms with E-state index in [0.717, 1.165) is 24.2 Å². The van der Waals surface area contributed by atoms with Gasteiger partial charge in [-0.1, -0.05) is 19.8 Å². The van der Waals surface area contributed by atoms with E-state index in [0.29, 0.717) is 12.8 Å². The van der Waals surface area contributed by atoms with Crippen molar-refractivity contribution in [3.8, 4) is 0 Å². The van der Waals surface area contributed by atoms with Gasteiger partial charge in [-0.3, -0.25) is 24.1 Å². The van der Waals surface area contributed by atoms with Crippen LogP contribution in [-0.2, 0) is 28.7 Å². The fourth-order valence-electron chi connectivity index (χ4n) is 3.57. The first-order valence-electron chi connectivity index (χ1n) is 9.43. The molecule has 4 amide bonds. The summed E-state index contributed by atoms with van der Waals surface area (Å²) in [6.45, 7) is 1.10. The van der Waals surface area contributed by atoms with E-state index in [9.17, 15) is 24.0 Å². The number of urea groups is 1. The topological polar surface area (TPSA) is 131 Å². The zero-order chi connectivity index (χ0) is 20.7. The lowest BCUT2D eigenvalue weighted by Gasteiger charge is -2.36. The number of hydrogen-bond donors (Lipinski definition) is 2. The maximum Gasteiger partial charge on any atom is 0.326 e. The summed E-state index contributed by atoms with van der Waals surface area (Å²) in [7, 11) is 1.28. The first-order valence-corrected chi connectivity index (χ1v) is 9.43. The highest BCUT2D eigenvalue weighted by atomic mass is 16.5. The van der Waals surface area contributed by atoms with Crippen LogP contribution in [0.25, 0.3) is 0 Å². The summed E-state index contributed by atoms with van der Waals surface area (Å²) >= 11 is 0. The van der Waals surface area contributed by atoms with E-state index in [-0.39, 0.29) is 24.9 Å². The highest BCUT2D eigenvalue weighted by Gasteiger charge is 2.55. The lowest BCUT2D eigenvalue weighted by molar-refractivity contribution is -0.151. The summed E-state index contributed by atoms with van der Waals surface area (Å²) in [5.74, 6) is -2.16. The van der Waals surface area contributed by atoms with Crippen molar-refractivity contribution in [1.29, 1.82) is 0 Å². The van der Waals surface area contributed by atoms with Crippen molar-refractivity contribution in [2.24, 2.45) is 5.92 Å². The molecule has 2 rings (SSSR count). The zero-order valence-corrected chi connectivity index (χ0v) is 16.2. The van der Waals surface area contributed by atoms with Crippen LogP contribution in [0, 0.1) is 5.92 Å². The first kappa shape index (κ1) is 21.6. The van der Waals surface area contributed by atoms with Gasteiger partial charge in [0.1, 0.15) is 12.1 Å². The molecule has 10 nitrogen and oxygen atoms in total. The summed E-state index contributed by atoms with van der Waals surface area (Å²) in [4.78, 5) is 60.4. The molecular formula is C18H27N3O7. The molecule has 1 heterocycles. The predicted molar refractivity (Wildman–Crippen MR) is 95.8 cm³/mol. The van der Waals surface area contributed by atoms with Gasteiger partial charge in [0.25, 0.3) is 11.8 Å². The Labute approximate surface area is 163 Å². The van der Waals surface area contributed by atoms with E-state index < -0.39 is 42.5 Å². The number of imide groups is 1. The van der Waals surface area contributed by atoms with Crippen molar-refractivity contribution in [3.05, 3.63) is 0 Å². The second kappa shape index (κ2) is 9.52. The van der Waals surface area contributed by atoms with Gasteiger partial charge in [0, 0.05) is 13.0 Å². The molecule has 0 bridgehead atoms. The number of amides is 4. The third kappa shape index (κ3) is 4.99. The van der Waals surface area contributed by atoms with Crippen molar-refractivity contribution in [2.45, 2.75) is 51.0 Å². The summed E-state index contributed by atoms with van der Waals surface area (Å²) in [6, 6.07) is -0.608. The molecule has 156 valence electrons. The van der Waals surface area contributed by atoms with Gasteiger partial charge in [0.05, 0.1) is 7.11 Å². The third-order valence-corrected chi connectivity index (χ3v) is 5.26. The number of esters is 2.